The van der Waals surface area contributed by atoms with Crippen molar-refractivity contribution in [3.8, 4) is 0 Å². The number of fused-ring (bicyclic) bond motifs is 1. The van der Waals surface area contributed by atoms with Crippen molar-refractivity contribution in [3.63, 3.8) is 0 Å². The molecule has 0 radical (unpaired) electrons. The van der Waals surface area contributed by atoms with Crippen LogP contribution in [-0.4, -0.2) is 44.1 Å². The second-order valence-electron chi connectivity index (χ2n) is 7.70. The van der Waals surface area contributed by atoms with Crippen molar-refractivity contribution < 1.29 is 4.79 Å². The van der Waals surface area contributed by atoms with Crippen LogP contribution in [0.25, 0.3) is 11.0 Å². The Morgan fingerprint density at radius 2 is 1.77 bits per heavy atom. The maximum absolute atomic E-state index is 13.0. The Labute approximate surface area is 179 Å². The van der Waals surface area contributed by atoms with Gasteiger partial charge in [-0.3, -0.25) is 18.7 Å². The molecule has 4 rings (SSSR count). The van der Waals surface area contributed by atoms with E-state index in [-0.39, 0.29) is 42.3 Å². The lowest BCUT2D eigenvalue weighted by molar-refractivity contribution is -0.130. The highest BCUT2D eigenvalue weighted by molar-refractivity contribution is 5.85. The second kappa shape index (κ2) is 8.49. The Hall–Kier alpha value is -2.84. The molecule has 8 nitrogen and oxygen atoms in total. The monoisotopic (exact) mass is 431 g/mol. The number of benzene rings is 1. The van der Waals surface area contributed by atoms with E-state index in [2.05, 4.69) is 12.1 Å². The fourth-order valence-corrected chi connectivity index (χ4v) is 4.35. The fourth-order valence-electron chi connectivity index (χ4n) is 4.35. The fraction of sp³-hybridized carbons (Fsp3) is 0.381. The van der Waals surface area contributed by atoms with Crippen molar-refractivity contribution >= 4 is 29.3 Å². The third-order valence-electron chi connectivity index (χ3n) is 5.99. The normalized spacial score (nSPS) is 18.6. The lowest BCUT2D eigenvalue weighted by Gasteiger charge is -2.18. The molecule has 1 aromatic carbocycles. The molecule has 1 saturated heterocycles. The first-order valence-electron chi connectivity index (χ1n) is 9.70. The maximum Gasteiger partial charge on any atom is 0.332 e. The number of carbonyl (C=O) groups excluding carboxylic acids is 1. The molecule has 2 N–H and O–H groups in total. The Kier molecular flexibility index (Phi) is 6.19. The molecule has 1 amide bonds. The molecular formula is C21H26ClN5O3. The van der Waals surface area contributed by atoms with Crippen molar-refractivity contribution in [3.05, 3.63) is 69.0 Å². The summed E-state index contributed by atoms with van der Waals surface area (Å²) in [7, 11) is 3.06. The molecule has 0 unspecified atom stereocenters. The second-order valence-corrected chi connectivity index (χ2v) is 7.70. The number of rotatable bonds is 4. The van der Waals surface area contributed by atoms with E-state index in [9.17, 15) is 14.4 Å². The minimum Gasteiger partial charge on any atom is -0.340 e. The Morgan fingerprint density at radius 3 is 2.43 bits per heavy atom. The summed E-state index contributed by atoms with van der Waals surface area (Å²) in [6.07, 6.45) is 1.69. The highest BCUT2D eigenvalue weighted by atomic mass is 35.5. The lowest BCUT2D eigenvalue weighted by Crippen LogP contribution is -2.38. The SMILES string of the molecule is Cl.Cn1c(=O)c2ccn(CC(=O)N3C[C@@H](CN)[C@H](c4ccccc4)C3)c2n(C)c1=O. The van der Waals surface area contributed by atoms with Crippen molar-refractivity contribution in [1.82, 2.24) is 18.6 Å². The number of nitrogens with zero attached hydrogens (tertiary/aromatic N) is 4. The van der Waals surface area contributed by atoms with E-state index in [0.29, 0.717) is 30.7 Å². The van der Waals surface area contributed by atoms with Crippen molar-refractivity contribution in [2.45, 2.75) is 12.5 Å². The van der Waals surface area contributed by atoms with Gasteiger partial charge in [0.1, 0.15) is 12.2 Å². The summed E-state index contributed by atoms with van der Waals surface area (Å²) in [6, 6.07) is 11.8. The molecular weight excluding hydrogens is 406 g/mol. The van der Waals surface area contributed by atoms with Crippen LogP contribution in [0.15, 0.2) is 52.2 Å². The van der Waals surface area contributed by atoms with Gasteiger partial charge in [-0.05, 0) is 24.1 Å². The maximum atomic E-state index is 13.0. The summed E-state index contributed by atoms with van der Waals surface area (Å²) in [6.45, 7) is 1.81. The Morgan fingerprint density at radius 1 is 1.07 bits per heavy atom. The zero-order valence-corrected chi connectivity index (χ0v) is 17.8. The summed E-state index contributed by atoms with van der Waals surface area (Å²) < 4.78 is 4.16. The summed E-state index contributed by atoms with van der Waals surface area (Å²) in [5, 5.41) is 0.422. The van der Waals surface area contributed by atoms with Gasteiger partial charge in [-0.1, -0.05) is 30.3 Å². The van der Waals surface area contributed by atoms with Gasteiger partial charge in [-0.25, -0.2) is 4.79 Å². The minimum absolute atomic E-state index is 0. The third-order valence-corrected chi connectivity index (χ3v) is 5.99. The molecule has 0 aliphatic carbocycles. The van der Waals surface area contributed by atoms with Gasteiger partial charge in [0.15, 0.2) is 0 Å². The van der Waals surface area contributed by atoms with Gasteiger partial charge >= 0.3 is 5.69 Å². The van der Waals surface area contributed by atoms with Gasteiger partial charge in [0.25, 0.3) is 5.56 Å². The van der Waals surface area contributed by atoms with E-state index < -0.39 is 5.69 Å². The molecule has 0 spiro atoms. The molecule has 1 aliphatic heterocycles. The first kappa shape index (κ1) is 21.9. The number of amides is 1. The van der Waals surface area contributed by atoms with Crippen LogP contribution in [0.5, 0.6) is 0 Å². The molecule has 0 bridgehead atoms. The van der Waals surface area contributed by atoms with Crippen LogP contribution >= 0.6 is 12.4 Å². The van der Waals surface area contributed by atoms with Crippen molar-refractivity contribution in [2.24, 2.45) is 25.7 Å². The van der Waals surface area contributed by atoms with Gasteiger partial charge in [0, 0.05) is 39.3 Å². The summed E-state index contributed by atoms with van der Waals surface area (Å²) in [5.41, 5.74) is 6.86. The van der Waals surface area contributed by atoms with Crippen LogP contribution in [-0.2, 0) is 25.4 Å². The van der Waals surface area contributed by atoms with Crippen LogP contribution in [0.2, 0.25) is 0 Å². The van der Waals surface area contributed by atoms with Crippen LogP contribution in [0.1, 0.15) is 11.5 Å². The quantitative estimate of drug-likeness (QED) is 0.656. The van der Waals surface area contributed by atoms with Crippen LogP contribution in [0.4, 0.5) is 0 Å². The summed E-state index contributed by atoms with van der Waals surface area (Å²) >= 11 is 0. The minimum atomic E-state index is -0.414. The number of aryl methyl sites for hydroxylation is 1. The van der Waals surface area contributed by atoms with Crippen LogP contribution in [0.3, 0.4) is 0 Å². The first-order chi connectivity index (χ1) is 13.9. The molecule has 30 heavy (non-hydrogen) atoms. The van der Waals surface area contributed by atoms with E-state index in [0.717, 1.165) is 4.57 Å². The number of hydrogen-bond acceptors (Lipinski definition) is 4. The number of hydrogen-bond donors (Lipinski definition) is 1. The van der Waals surface area contributed by atoms with Gasteiger partial charge in [-0.2, -0.15) is 0 Å². The van der Waals surface area contributed by atoms with Crippen molar-refractivity contribution in [2.75, 3.05) is 19.6 Å². The molecule has 2 aromatic heterocycles. The molecule has 2 atom stereocenters. The van der Waals surface area contributed by atoms with E-state index >= 15 is 0 Å². The molecule has 9 heteroatoms. The first-order valence-corrected chi connectivity index (χ1v) is 9.70. The number of halogens is 1. The molecule has 1 fully saturated rings. The van der Waals surface area contributed by atoms with E-state index in [1.54, 1.807) is 23.9 Å². The van der Waals surface area contributed by atoms with Crippen LogP contribution in [0, 0.1) is 5.92 Å². The van der Waals surface area contributed by atoms with E-state index in [4.69, 9.17) is 5.73 Å². The molecule has 3 heterocycles. The molecule has 1 aliphatic rings. The predicted molar refractivity (Wildman–Crippen MR) is 118 cm³/mol. The van der Waals surface area contributed by atoms with E-state index in [1.807, 2.05) is 23.1 Å². The lowest BCUT2D eigenvalue weighted by atomic mass is 9.89. The number of aromatic nitrogens is 3. The number of nitrogens with two attached hydrogens (primary N) is 1. The number of carbonyl (C=O) groups is 1. The zero-order valence-electron chi connectivity index (χ0n) is 17.0. The summed E-state index contributed by atoms with van der Waals surface area (Å²) in [4.78, 5) is 39.5. The molecule has 160 valence electrons. The molecule has 0 saturated carbocycles. The standard InChI is InChI=1S/C21H25N5O3.ClH/c1-23-19-16(20(28)24(2)21(23)29)8-9-25(19)13-18(27)26-11-15(10-22)17(12-26)14-6-4-3-5-7-14;/h3-9,15,17H,10-13,22H2,1-2H3;1H/t15-,17+;/m1./s1. The van der Waals surface area contributed by atoms with Gasteiger partial charge in [0.2, 0.25) is 5.91 Å². The molecule has 3 aromatic rings. The third kappa shape index (κ3) is 3.57. The Balaban J connectivity index is 0.00000256. The number of likely N-dealkylation sites (tertiary alicyclic amines) is 1. The summed E-state index contributed by atoms with van der Waals surface area (Å²) in [5.74, 6) is 0.370. The average molecular weight is 432 g/mol. The smallest absolute Gasteiger partial charge is 0.332 e. The topological polar surface area (TPSA) is 95.3 Å². The van der Waals surface area contributed by atoms with Gasteiger partial charge in [0.05, 0.1) is 5.39 Å². The van der Waals surface area contributed by atoms with Gasteiger partial charge < -0.3 is 15.2 Å². The van der Waals surface area contributed by atoms with Crippen molar-refractivity contribution in [1.29, 1.82) is 0 Å². The zero-order chi connectivity index (χ0) is 20.7. The van der Waals surface area contributed by atoms with E-state index in [1.165, 1.54) is 17.2 Å². The Bertz CT molecular complexity index is 1180. The largest absolute Gasteiger partial charge is 0.340 e. The highest BCUT2D eigenvalue weighted by Crippen LogP contribution is 2.32. The van der Waals surface area contributed by atoms with Gasteiger partial charge in [-0.15, -0.1) is 12.4 Å². The average Bonchev–Trinajstić information content (AvgIpc) is 3.36. The van der Waals surface area contributed by atoms with Crippen LogP contribution < -0.4 is 17.0 Å². The predicted octanol–water partition coefficient (Wildman–Crippen LogP) is 0.661. The highest BCUT2D eigenvalue weighted by Gasteiger charge is 2.35.